The maximum absolute atomic E-state index is 12.0. The number of amidine groups is 1. The average Bonchev–Trinajstić information content (AvgIpc) is 3.18. The molecule has 2 aromatic rings. The van der Waals surface area contributed by atoms with Crippen LogP contribution >= 0.6 is 11.8 Å². The zero-order chi connectivity index (χ0) is 16.2. The van der Waals surface area contributed by atoms with E-state index < -0.39 is 0 Å². The highest BCUT2D eigenvalue weighted by Crippen LogP contribution is 2.34. The summed E-state index contributed by atoms with van der Waals surface area (Å²) in [5.41, 5.74) is 1.49. The summed E-state index contributed by atoms with van der Waals surface area (Å²) in [6.07, 6.45) is 3.59. The van der Waals surface area contributed by atoms with Gasteiger partial charge in [-0.3, -0.25) is 4.79 Å². The molecule has 0 radical (unpaired) electrons. The van der Waals surface area contributed by atoms with Crippen molar-refractivity contribution in [2.45, 2.75) is 0 Å². The van der Waals surface area contributed by atoms with Crippen molar-refractivity contribution < 1.29 is 14.3 Å². The second-order valence-corrected chi connectivity index (χ2v) is 5.68. The summed E-state index contributed by atoms with van der Waals surface area (Å²) in [5, 5.41) is 3.26. The number of rotatable bonds is 4. The Labute approximate surface area is 137 Å². The predicted molar refractivity (Wildman–Crippen MR) is 91.1 cm³/mol. The first-order valence-corrected chi connectivity index (χ1v) is 7.66. The molecular formula is C16H15N3O3S. The van der Waals surface area contributed by atoms with E-state index in [1.54, 1.807) is 44.7 Å². The number of amides is 1. The van der Waals surface area contributed by atoms with Crippen molar-refractivity contribution >= 4 is 34.6 Å². The van der Waals surface area contributed by atoms with E-state index in [0.717, 1.165) is 5.69 Å². The fourth-order valence-electron chi connectivity index (χ4n) is 2.04. The summed E-state index contributed by atoms with van der Waals surface area (Å²) in [6, 6.07) is 9.09. The first-order valence-electron chi connectivity index (χ1n) is 6.84. The number of nitrogens with one attached hydrogen (secondary N) is 2. The van der Waals surface area contributed by atoms with Gasteiger partial charge in [0.05, 0.1) is 19.1 Å². The Hall–Kier alpha value is -2.67. The summed E-state index contributed by atoms with van der Waals surface area (Å²) in [7, 11) is 3.15. The molecule has 1 aromatic heterocycles. The van der Waals surface area contributed by atoms with E-state index in [1.165, 1.54) is 11.8 Å². The number of hydrogen-bond donors (Lipinski definition) is 2. The fourth-order valence-corrected chi connectivity index (χ4v) is 2.87. The highest BCUT2D eigenvalue weighted by Gasteiger charge is 2.24. The molecule has 2 N–H and O–H groups in total. The number of aromatic nitrogens is 1. The van der Waals surface area contributed by atoms with E-state index in [0.29, 0.717) is 27.3 Å². The van der Waals surface area contributed by atoms with Crippen molar-refractivity contribution in [2.75, 3.05) is 14.2 Å². The lowest BCUT2D eigenvalue weighted by Gasteiger charge is -2.07. The number of hydrogen-bond acceptors (Lipinski definition) is 5. The third kappa shape index (κ3) is 3.40. The molecule has 0 spiro atoms. The smallest absolute Gasteiger partial charge is 0.264 e. The molecule has 1 fully saturated rings. The Morgan fingerprint density at radius 1 is 1.22 bits per heavy atom. The lowest BCUT2D eigenvalue weighted by molar-refractivity contribution is -0.115. The van der Waals surface area contributed by atoms with E-state index in [1.807, 2.05) is 12.1 Å². The zero-order valence-electron chi connectivity index (χ0n) is 12.6. The minimum atomic E-state index is -0.171. The molecule has 3 rings (SSSR count). The number of carbonyl (C=O) groups excluding carboxylic acids is 1. The van der Waals surface area contributed by atoms with E-state index in [9.17, 15) is 4.79 Å². The number of aromatic amines is 1. The Morgan fingerprint density at radius 2 is 2.09 bits per heavy atom. The van der Waals surface area contributed by atoms with Gasteiger partial charge in [0.2, 0.25) is 0 Å². The minimum Gasteiger partial charge on any atom is -0.497 e. The van der Waals surface area contributed by atoms with Crippen molar-refractivity contribution in [1.82, 2.24) is 10.3 Å². The van der Waals surface area contributed by atoms with Crippen LogP contribution in [0.1, 0.15) is 5.69 Å². The van der Waals surface area contributed by atoms with E-state index in [4.69, 9.17) is 9.47 Å². The van der Waals surface area contributed by atoms with Crippen molar-refractivity contribution in [3.05, 3.63) is 47.1 Å². The van der Waals surface area contributed by atoms with Gasteiger partial charge in [-0.2, -0.15) is 0 Å². The molecule has 1 aliphatic heterocycles. The number of thioether (sulfide) groups is 1. The van der Waals surface area contributed by atoms with Gasteiger partial charge in [0.25, 0.3) is 5.91 Å². The van der Waals surface area contributed by atoms with Crippen LogP contribution in [0.5, 0.6) is 11.5 Å². The summed E-state index contributed by atoms with van der Waals surface area (Å²) in [6.45, 7) is 0. The van der Waals surface area contributed by atoms with Crippen LogP contribution in [0, 0.1) is 0 Å². The molecule has 118 valence electrons. The number of nitrogens with zero attached hydrogens (tertiary/aromatic N) is 1. The topological polar surface area (TPSA) is 75.7 Å². The Bertz CT molecular complexity index is 782. The maximum atomic E-state index is 12.0. The molecule has 1 aliphatic rings. The Morgan fingerprint density at radius 3 is 2.78 bits per heavy atom. The summed E-state index contributed by atoms with van der Waals surface area (Å²) in [5.74, 6) is 1.09. The summed E-state index contributed by atoms with van der Waals surface area (Å²) in [4.78, 5) is 20.1. The lowest BCUT2D eigenvalue weighted by atomic mass is 10.3. The van der Waals surface area contributed by atoms with Gasteiger partial charge in [-0.25, -0.2) is 4.99 Å². The van der Waals surface area contributed by atoms with E-state index >= 15 is 0 Å². The van der Waals surface area contributed by atoms with Gasteiger partial charge in [-0.1, -0.05) is 0 Å². The first kappa shape index (κ1) is 15.2. The predicted octanol–water partition coefficient (Wildman–Crippen LogP) is 2.92. The third-order valence-electron chi connectivity index (χ3n) is 3.17. The van der Waals surface area contributed by atoms with Crippen LogP contribution in [0.4, 0.5) is 5.69 Å². The van der Waals surface area contributed by atoms with Crippen molar-refractivity contribution in [3.63, 3.8) is 0 Å². The second-order valence-electron chi connectivity index (χ2n) is 4.64. The van der Waals surface area contributed by atoms with E-state index in [2.05, 4.69) is 15.3 Å². The lowest BCUT2D eigenvalue weighted by Crippen LogP contribution is -2.19. The monoisotopic (exact) mass is 329 g/mol. The maximum Gasteiger partial charge on any atom is 0.264 e. The summed E-state index contributed by atoms with van der Waals surface area (Å²) >= 11 is 1.28. The molecule has 7 heteroatoms. The van der Waals surface area contributed by atoms with Gasteiger partial charge in [0, 0.05) is 18.0 Å². The average molecular weight is 329 g/mol. The number of benzene rings is 1. The number of carbonyl (C=O) groups is 1. The van der Waals surface area contributed by atoms with Crippen LogP contribution in [0.3, 0.4) is 0 Å². The van der Waals surface area contributed by atoms with Crippen molar-refractivity contribution in [1.29, 1.82) is 0 Å². The van der Waals surface area contributed by atoms with Crippen molar-refractivity contribution in [3.8, 4) is 11.5 Å². The van der Waals surface area contributed by atoms with Gasteiger partial charge in [0.1, 0.15) is 17.2 Å². The van der Waals surface area contributed by atoms with E-state index in [-0.39, 0.29) is 5.91 Å². The molecule has 0 aliphatic carbocycles. The third-order valence-corrected chi connectivity index (χ3v) is 4.08. The molecule has 23 heavy (non-hydrogen) atoms. The van der Waals surface area contributed by atoms with Crippen molar-refractivity contribution in [2.24, 2.45) is 4.99 Å². The molecular weight excluding hydrogens is 314 g/mol. The van der Waals surface area contributed by atoms with Crippen LogP contribution < -0.4 is 14.8 Å². The Balaban J connectivity index is 1.86. The van der Waals surface area contributed by atoms with Crippen LogP contribution in [0.15, 0.2) is 46.4 Å². The second kappa shape index (κ2) is 6.62. The fraction of sp³-hybridized carbons (Fsp3) is 0.125. The molecule has 6 nitrogen and oxygen atoms in total. The Kier molecular flexibility index (Phi) is 4.38. The number of ether oxygens (including phenoxy) is 2. The quantitative estimate of drug-likeness (QED) is 0.846. The largest absolute Gasteiger partial charge is 0.497 e. The molecule has 0 bridgehead atoms. The molecule has 0 atom stereocenters. The number of H-pyrrole nitrogens is 1. The number of aliphatic imine (C=N–C) groups is 1. The first-order chi connectivity index (χ1) is 11.2. The molecule has 1 aromatic carbocycles. The highest BCUT2D eigenvalue weighted by molar-refractivity contribution is 8.18. The molecule has 1 amide bonds. The SMILES string of the molecule is COc1ccc(N=C2NC(=O)/C(=C\c3ccc[nH]3)S2)c(OC)c1. The van der Waals surface area contributed by atoms with Gasteiger partial charge in [0.15, 0.2) is 5.17 Å². The standard InChI is InChI=1S/C16H15N3O3S/c1-21-11-5-6-12(13(9-11)22-2)18-16-19-15(20)14(23-16)8-10-4-3-7-17-10/h3-9,17H,1-2H3,(H,18,19,20)/b14-8+. The van der Waals surface area contributed by atoms with Gasteiger partial charge in [-0.05, 0) is 42.1 Å². The number of methoxy groups -OCH3 is 2. The molecule has 2 heterocycles. The van der Waals surface area contributed by atoms with Crippen LogP contribution in [-0.4, -0.2) is 30.3 Å². The van der Waals surface area contributed by atoms with Gasteiger partial charge in [-0.15, -0.1) is 0 Å². The normalized spacial score (nSPS) is 17.6. The summed E-state index contributed by atoms with van der Waals surface area (Å²) < 4.78 is 10.5. The minimum absolute atomic E-state index is 0.171. The van der Waals surface area contributed by atoms with Gasteiger partial charge < -0.3 is 19.8 Å². The van der Waals surface area contributed by atoms with Crippen LogP contribution in [0.25, 0.3) is 6.08 Å². The van der Waals surface area contributed by atoms with Crippen LogP contribution in [0.2, 0.25) is 0 Å². The molecule has 0 saturated carbocycles. The van der Waals surface area contributed by atoms with Gasteiger partial charge >= 0.3 is 0 Å². The van der Waals surface area contributed by atoms with Crippen LogP contribution in [-0.2, 0) is 4.79 Å². The zero-order valence-corrected chi connectivity index (χ0v) is 13.4. The molecule has 0 unspecified atom stereocenters. The highest BCUT2D eigenvalue weighted by atomic mass is 32.2. The molecule has 1 saturated heterocycles.